The normalized spacial score (nSPS) is 10.5. The van der Waals surface area contributed by atoms with Crippen LogP contribution < -0.4 is 5.73 Å². The molecule has 2 aromatic heterocycles. The molecule has 0 aliphatic rings. The van der Waals surface area contributed by atoms with E-state index in [1.165, 1.54) is 0 Å². The molecule has 3 rings (SSSR count). The van der Waals surface area contributed by atoms with Crippen LogP contribution in [0, 0.1) is 6.92 Å². The minimum atomic E-state index is 0.535. The molecule has 0 saturated heterocycles. The van der Waals surface area contributed by atoms with Crippen LogP contribution >= 0.6 is 0 Å². The molecule has 1 aromatic carbocycles. The van der Waals surface area contributed by atoms with E-state index in [1.54, 1.807) is 12.4 Å². The average molecular weight is 276 g/mol. The van der Waals surface area contributed by atoms with Gasteiger partial charge in [-0.1, -0.05) is 30.3 Å². The van der Waals surface area contributed by atoms with Gasteiger partial charge in [0, 0.05) is 29.9 Å². The molecule has 4 heteroatoms. The Kier molecular flexibility index (Phi) is 3.60. The SMILES string of the molecule is Cc1c(N)nc(Cc2ccncc2)nc1-c1ccccc1. The van der Waals surface area contributed by atoms with Crippen molar-refractivity contribution in [2.24, 2.45) is 0 Å². The van der Waals surface area contributed by atoms with Crippen molar-refractivity contribution in [3.8, 4) is 11.3 Å². The highest BCUT2D eigenvalue weighted by atomic mass is 15.0. The van der Waals surface area contributed by atoms with E-state index in [-0.39, 0.29) is 0 Å². The Bertz CT molecular complexity index is 739. The van der Waals surface area contributed by atoms with Crippen LogP contribution in [0.5, 0.6) is 0 Å². The second-order valence-electron chi connectivity index (χ2n) is 4.90. The topological polar surface area (TPSA) is 64.7 Å². The summed E-state index contributed by atoms with van der Waals surface area (Å²) in [6, 6.07) is 14.0. The number of pyridine rings is 1. The Labute approximate surface area is 123 Å². The standard InChI is InChI=1S/C17H16N4/c1-12-16(14-5-3-2-4-6-14)20-15(21-17(12)18)11-13-7-9-19-10-8-13/h2-10H,11H2,1H3,(H2,18,20,21). The van der Waals surface area contributed by atoms with Gasteiger partial charge in [-0.25, -0.2) is 9.97 Å². The maximum atomic E-state index is 6.05. The largest absolute Gasteiger partial charge is 0.383 e. The average Bonchev–Trinajstić information content (AvgIpc) is 2.52. The predicted molar refractivity (Wildman–Crippen MR) is 83.7 cm³/mol. The van der Waals surface area contributed by atoms with Gasteiger partial charge < -0.3 is 5.73 Å². The zero-order chi connectivity index (χ0) is 14.7. The lowest BCUT2D eigenvalue weighted by molar-refractivity contribution is 0.964. The summed E-state index contributed by atoms with van der Waals surface area (Å²) in [5, 5.41) is 0. The maximum Gasteiger partial charge on any atom is 0.135 e. The van der Waals surface area contributed by atoms with Gasteiger partial charge in [0.15, 0.2) is 0 Å². The fourth-order valence-corrected chi connectivity index (χ4v) is 2.22. The molecule has 0 saturated carbocycles. The molecule has 0 bridgehead atoms. The van der Waals surface area contributed by atoms with Crippen molar-refractivity contribution in [3.63, 3.8) is 0 Å². The third kappa shape index (κ3) is 2.89. The van der Waals surface area contributed by atoms with Crippen LogP contribution in [0.15, 0.2) is 54.9 Å². The Hall–Kier alpha value is -2.75. The fraction of sp³-hybridized carbons (Fsp3) is 0.118. The molecule has 0 unspecified atom stereocenters. The van der Waals surface area contributed by atoms with Crippen LogP contribution in [0.2, 0.25) is 0 Å². The summed E-state index contributed by atoms with van der Waals surface area (Å²) in [4.78, 5) is 13.1. The summed E-state index contributed by atoms with van der Waals surface area (Å²) in [6.07, 6.45) is 4.18. The van der Waals surface area contributed by atoms with Gasteiger partial charge in [-0.3, -0.25) is 4.98 Å². The molecule has 0 aliphatic heterocycles. The third-order valence-corrected chi connectivity index (χ3v) is 3.39. The number of nitrogen functional groups attached to an aromatic ring is 1. The Morgan fingerprint density at radius 3 is 2.38 bits per heavy atom. The number of rotatable bonds is 3. The molecule has 2 N–H and O–H groups in total. The molecule has 21 heavy (non-hydrogen) atoms. The summed E-state index contributed by atoms with van der Waals surface area (Å²) in [7, 11) is 0. The van der Waals surface area contributed by atoms with Crippen LogP contribution in [0.1, 0.15) is 17.0 Å². The Morgan fingerprint density at radius 1 is 0.952 bits per heavy atom. The second kappa shape index (κ2) is 5.71. The molecule has 3 aromatic rings. The summed E-state index contributed by atoms with van der Waals surface area (Å²) < 4.78 is 0. The number of hydrogen-bond donors (Lipinski definition) is 1. The summed E-state index contributed by atoms with van der Waals surface area (Å²) in [6.45, 7) is 1.95. The molecule has 0 aliphatic carbocycles. The molecule has 0 amide bonds. The summed E-state index contributed by atoms with van der Waals surface area (Å²) in [5.41, 5.74) is 10.0. The van der Waals surface area contributed by atoms with Crippen LogP contribution in [0.3, 0.4) is 0 Å². The predicted octanol–water partition coefficient (Wildman–Crippen LogP) is 3.02. The molecule has 0 atom stereocenters. The van der Waals surface area contributed by atoms with Gasteiger partial charge in [0.25, 0.3) is 0 Å². The second-order valence-corrected chi connectivity index (χ2v) is 4.90. The zero-order valence-corrected chi connectivity index (χ0v) is 11.8. The minimum Gasteiger partial charge on any atom is -0.383 e. The van der Waals surface area contributed by atoms with E-state index in [0.717, 1.165) is 28.2 Å². The van der Waals surface area contributed by atoms with Gasteiger partial charge in [0.05, 0.1) is 5.69 Å². The van der Waals surface area contributed by atoms with E-state index >= 15 is 0 Å². The van der Waals surface area contributed by atoms with Crippen LogP contribution in [0.4, 0.5) is 5.82 Å². The van der Waals surface area contributed by atoms with Crippen LogP contribution in [0.25, 0.3) is 11.3 Å². The highest BCUT2D eigenvalue weighted by Gasteiger charge is 2.10. The van der Waals surface area contributed by atoms with Crippen molar-refractivity contribution >= 4 is 5.82 Å². The molecule has 0 radical (unpaired) electrons. The smallest absolute Gasteiger partial charge is 0.135 e. The third-order valence-electron chi connectivity index (χ3n) is 3.39. The summed E-state index contributed by atoms with van der Waals surface area (Å²) >= 11 is 0. The van der Waals surface area contributed by atoms with Gasteiger partial charge in [-0.05, 0) is 24.6 Å². The number of anilines is 1. The van der Waals surface area contributed by atoms with E-state index in [4.69, 9.17) is 5.73 Å². The van der Waals surface area contributed by atoms with Crippen molar-refractivity contribution in [1.82, 2.24) is 15.0 Å². The van der Waals surface area contributed by atoms with Gasteiger partial charge in [0.1, 0.15) is 11.6 Å². The molecule has 0 spiro atoms. The first-order valence-corrected chi connectivity index (χ1v) is 6.81. The fourth-order valence-electron chi connectivity index (χ4n) is 2.22. The maximum absolute atomic E-state index is 6.05. The van der Waals surface area contributed by atoms with Crippen molar-refractivity contribution in [1.29, 1.82) is 0 Å². The number of hydrogen-bond acceptors (Lipinski definition) is 4. The molecular weight excluding hydrogens is 260 g/mol. The van der Waals surface area contributed by atoms with Crippen molar-refractivity contribution in [2.75, 3.05) is 5.73 Å². The highest BCUT2D eigenvalue weighted by Crippen LogP contribution is 2.24. The quantitative estimate of drug-likeness (QED) is 0.798. The number of nitrogens with two attached hydrogens (primary N) is 1. The van der Waals surface area contributed by atoms with E-state index in [9.17, 15) is 0 Å². The monoisotopic (exact) mass is 276 g/mol. The minimum absolute atomic E-state index is 0.535. The number of aromatic nitrogens is 3. The Balaban J connectivity index is 2.02. The van der Waals surface area contributed by atoms with E-state index < -0.39 is 0 Å². The molecule has 104 valence electrons. The van der Waals surface area contributed by atoms with Gasteiger partial charge in [-0.15, -0.1) is 0 Å². The van der Waals surface area contributed by atoms with Crippen LogP contribution in [-0.2, 0) is 6.42 Å². The molecule has 4 nitrogen and oxygen atoms in total. The van der Waals surface area contributed by atoms with Gasteiger partial charge in [-0.2, -0.15) is 0 Å². The van der Waals surface area contributed by atoms with E-state index in [2.05, 4.69) is 15.0 Å². The van der Waals surface area contributed by atoms with Crippen molar-refractivity contribution < 1.29 is 0 Å². The lowest BCUT2D eigenvalue weighted by Gasteiger charge is -2.10. The first-order valence-electron chi connectivity index (χ1n) is 6.81. The first kappa shape index (κ1) is 13.2. The molecular formula is C17H16N4. The van der Waals surface area contributed by atoms with E-state index in [1.807, 2.05) is 49.4 Å². The van der Waals surface area contributed by atoms with Crippen molar-refractivity contribution in [2.45, 2.75) is 13.3 Å². The Morgan fingerprint density at radius 2 is 1.67 bits per heavy atom. The lowest BCUT2D eigenvalue weighted by Crippen LogP contribution is -2.05. The van der Waals surface area contributed by atoms with E-state index in [0.29, 0.717) is 12.2 Å². The lowest BCUT2D eigenvalue weighted by atomic mass is 10.1. The molecule has 2 heterocycles. The highest BCUT2D eigenvalue weighted by molar-refractivity contribution is 5.67. The van der Waals surface area contributed by atoms with Gasteiger partial charge in [0.2, 0.25) is 0 Å². The number of nitrogens with zero attached hydrogens (tertiary/aromatic N) is 3. The van der Waals surface area contributed by atoms with Gasteiger partial charge >= 0.3 is 0 Å². The first-order chi connectivity index (χ1) is 10.2. The molecule has 0 fully saturated rings. The zero-order valence-electron chi connectivity index (χ0n) is 11.8. The summed E-state index contributed by atoms with van der Waals surface area (Å²) in [5.74, 6) is 1.26. The van der Waals surface area contributed by atoms with Crippen LogP contribution in [-0.4, -0.2) is 15.0 Å². The van der Waals surface area contributed by atoms with Crippen molar-refractivity contribution in [3.05, 3.63) is 71.8 Å². The number of benzene rings is 1.